The molecular weight excluding hydrogens is 555 g/mol. The average Bonchev–Trinajstić information content (AvgIpc) is 3.34. The van der Waals surface area contributed by atoms with Crippen molar-refractivity contribution in [2.45, 2.75) is 66.3 Å². The molecule has 232 valence electrons. The molecule has 4 rings (SSSR count). The summed E-state index contributed by atoms with van der Waals surface area (Å²) in [6, 6.07) is 9.17. The number of rotatable bonds is 14. The quantitative estimate of drug-likeness (QED) is 0.141. The number of fused-ring (bicyclic) bond motifs is 1. The first-order valence-corrected chi connectivity index (χ1v) is 18.2. The first-order valence-electron chi connectivity index (χ1n) is 15.2. The van der Waals surface area contributed by atoms with E-state index >= 15 is 4.39 Å². The highest BCUT2D eigenvalue weighted by molar-refractivity contribution is 8.32. The van der Waals surface area contributed by atoms with Crippen LogP contribution in [0.2, 0.25) is 0 Å². The zero-order valence-electron chi connectivity index (χ0n) is 27.1. The van der Waals surface area contributed by atoms with E-state index in [1.807, 2.05) is 37.6 Å². The molecule has 0 unspecified atom stereocenters. The van der Waals surface area contributed by atoms with Gasteiger partial charge in [0, 0.05) is 36.2 Å². The molecule has 0 spiro atoms. The number of halogens is 1. The second-order valence-electron chi connectivity index (χ2n) is 13.6. The van der Waals surface area contributed by atoms with Crippen LogP contribution in [0, 0.1) is 18.2 Å². The molecule has 6 nitrogen and oxygen atoms in total. The lowest BCUT2D eigenvalue weighted by molar-refractivity contribution is 0.405. The number of nitrogens with one attached hydrogen (secondary N) is 2. The Kier molecular flexibility index (Phi) is 10.5. The molecule has 0 amide bonds. The van der Waals surface area contributed by atoms with Crippen LogP contribution in [-0.4, -0.2) is 50.6 Å². The molecule has 1 aromatic carbocycles. The predicted octanol–water partition coefficient (Wildman–Crippen LogP) is 8.41. The van der Waals surface area contributed by atoms with Crippen LogP contribution in [0.3, 0.4) is 0 Å². The first kappa shape index (κ1) is 32.5. The van der Waals surface area contributed by atoms with E-state index in [-0.39, 0.29) is 11.2 Å². The van der Waals surface area contributed by atoms with Gasteiger partial charge in [0.15, 0.2) is 5.65 Å². The molecule has 0 aliphatic rings. The van der Waals surface area contributed by atoms with Crippen molar-refractivity contribution < 1.29 is 4.39 Å². The van der Waals surface area contributed by atoms with Crippen LogP contribution in [0.5, 0.6) is 0 Å². The average molecular weight is 605 g/mol. The summed E-state index contributed by atoms with van der Waals surface area (Å²) in [7, 11) is -0.495. The maximum Gasteiger partial charge on any atom is 0.161 e. The largest absolute Gasteiger partial charge is 0.391 e. The van der Waals surface area contributed by atoms with Crippen LogP contribution in [0.1, 0.15) is 56.9 Å². The Morgan fingerprint density at radius 3 is 2.53 bits per heavy atom. The lowest BCUT2D eigenvalue weighted by Gasteiger charge is -2.24. The van der Waals surface area contributed by atoms with Gasteiger partial charge in [-0.3, -0.25) is 4.98 Å². The van der Waals surface area contributed by atoms with Crippen molar-refractivity contribution in [1.82, 2.24) is 24.8 Å². The minimum atomic E-state index is -0.495. The summed E-state index contributed by atoms with van der Waals surface area (Å²) in [6.07, 6.45) is 17.4. The highest BCUT2D eigenvalue weighted by Gasteiger charge is 2.22. The smallest absolute Gasteiger partial charge is 0.161 e. The Morgan fingerprint density at radius 1 is 1.02 bits per heavy atom. The zero-order valence-corrected chi connectivity index (χ0v) is 27.9. The Balaban J connectivity index is 1.76. The third-order valence-corrected chi connectivity index (χ3v) is 8.89. The van der Waals surface area contributed by atoms with Crippen LogP contribution in [0.4, 0.5) is 15.8 Å². The van der Waals surface area contributed by atoms with Gasteiger partial charge < -0.3 is 15.2 Å². The van der Waals surface area contributed by atoms with Crippen molar-refractivity contribution in [1.29, 1.82) is 0 Å². The summed E-state index contributed by atoms with van der Waals surface area (Å²) >= 11 is 0. The van der Waals surface area contributed by atoms with Crippen molar-refractivity contribution in [3.8, 4) is 11.3 Å². The Bertz CT molecular complexity index is 1550. The zero-order chi connectivity index (χ0) is 31.2. The summed E-state index contributed by atoms with van der Waals surface area (Å²) in [5, 5.41) is 6.93. The van der Waals surface area contributed by atoms with E-state index < -0.39 is 10.0 Å². The molecule has 0 bridgehead atoms. The maximum atomic E-state index is 15.2. The standard InChI is InChI=1S/C35H49FN6S/c1-9-37-17-12-13-26-30(22-31(41-32(26)23-35(3,4)5)27-21-25(2)14-15-28(27)36)40-29-16-18-38-34-33(29)39-24-42(34)19-10-11-20-43(6,7)8/h9,14-16,18,21-22,24,37H,1,10-13,17,19-20,23H2,2-8H3,(H,38,40,41). The van der Waals surface area contributed by atoms with Crippen LogP contribution in [-0.2, 0) is 19.4 Å². The SMILES string of the molecule is C=CNCCCc1c(Nc2ccnc3c2ncn3CCCCS(C)(C)C)cc(-c2cc(C)ccc2F)nc1CC(C)(C)C. The van der Waals surface area contributed by atoms with Gasteiger partial charge in [0.1, 0.15) is 11.3 Å². The van der Waals surface area contributed by atoms with E-state index in [9.17, 15) is 0 Å². The molecule has 3 heterocycles. The van der Waals surface area contributed by atoms with Crippen LogP contribution >= 0.6 is 10.0 Å². The molecule has 8 heteroatoms. The van der Waals surface area contributed by atoms with E-state index in [4.69, 9.17) is 15.0 Å². The van der Waals surface area contributed by atoms with E-state index in [1.165, 1.54) is 18.2 Å². The highest BCUT2D eigenvalue weighted by Crippen LogP contribution is 2.36. The molecule has 4 aromatic rings. The Labute approximate surface area is 259 Å². The lowest BCUT2D eigenvalue weighted by atomic mass is 9.87. The highest BCUT2D eigenvalue weighted by atomic mass is 32.3. The van der Waals surface area contributed by atoms with Crippen molar-refractivity contribution in [3.63, 3.8) is 0 Å². The molecule has 0 saturated heterocycles. The number of aryl methyl sites for hydroxylation is 2. The van der Waals surface area contributed by atoms with Gasteiger partial charge >= 0.3 is 0 Å². The molecule has 0 fully saturated rings. The minimum absolute atomic E-state index is 0.000644. The van der Waals surface area contributed by atoms with Gasteiger partial charge in [-0.05, 0) is 105 Å². The van der Waals surface area contributed by atoms with E-state index in [0.29, 0.717) is 11.3 Å². The molecule has 2 N–H and O–H groups in total. The monoisotopic (exact) mass is 604 g/mol. The van der Waals surface area contributed by atoms with Gasteiger partial charge in [0.05, 0.1) is 17.7 Å². The number of hydrogen-bond donors (Lipinski definition) is 2. The summed E-state index contributed by atoms with van der Waals surface area (Å²) in [5.74, 6) is 1.00. The summed E-state index contributed by atoms with van der Waals surface area (Å²) < 4.78 is 17.3. The Hall–Kier alpha value is -3.39. The number of benzene rings is 1. The summed E-state index contributed by atoms with van der Waals surface area (Å²) in [5.41, 5.74) is 7.80. The lowest BCUT2D eigenvalue weighted by Crippen LogP contribution is -2.16. The fourth-order valence-corrected chi connectivity index (χ4v) is 6.37. The van der Waals surface area contributed by atoms with Crippen LogP contribution < -0.4 is 10.6 Å². The van der Waals surface area contributed by atoms with Gasteiger partial charge in [0.25, 0.3) is 0 Å². The van der Waals surface area contributed by atoms with Gasteiger partial charge in [-0.15, -0.1) is 0 Å². The maximum absolute atomic E-state index is 15.2. The number of imidazole rings is 1. The van der Waals surface area contributed by atoms with Gasteiger partial charge in [-0.2, -0.15) is 0 Å². The third kappa shape index (κ3) is 9.05. The second kappa shape index (κ2) is 13.9. The molecular formula is C35H49FN6S. The fourth-order valence-electron chi connectivity index (χ4n) is 5.30. The van der Waals surface area contributed by atoms with Crippen molar-refractivity contribution >= 4 is 32.6 Å². The van der Waals surface area contributed by atoms with E-state index in [0.717, 1.165) is 78.1 Å². The molecule has 3 aromatic heterocycles. The number of unbranched alkanes of at least 4 members (excludes halogenated alkanes) is 1. The number of hydrogen-bond acceptors (Lipinski definition) is 5. The number of nitrogens with zero attached hydrogens (tertiary/aromatic N) is 4. The molecule has 0 atom stereocenters. The van der Waals surface area contributed by atoms with E-state index in [2.05, 4.69) is 61.3 Å². The van der Waals surface area contributed by atoms with Gasteiger partial charge in [-0.25, -0.2) is 24.4 Å². The number of pyridine rings is 2. The Morgan fingerprint density at radius 2 is 1.81 bits per heavy atom. The van der Waals surface area contributed by atoms with E-state index in [1.54, 1.807) is 12.3 Å². The number of aromatic nitrogens is 4. The first-order chi connectivity index (χ1) is 20.3. The van der Waals surface area contributed by atoms with Crippen LogP contribution in [0.15, 0.2) is 55.6 Å². The topological polar surface area (TPSA) is 67.7 Å². The summed E-state index contributed by atoms with van der Waals surface area (Å²) in [6.45, 7) is 14.1. The molecule has 0 aliphatic heterocycles. The van der Waals surface area contributed by atoms with Gasteiger partial charge in [-0.1, -0.05) is 39.0 Å². The predicted molar refractivity (Wildman–Crippen MR) is 184 cm³/mol. The van der Waals surface area contributed by atoms with Crippen molar-refractivity contribution in [2.24, 2.45) is 5.41 Å². The summed E-state index contributed by atoms with van der Waals surface area (Å²) in [4.78, 5) is 14.6. The molecule has 0 radical (unpaired) electrons. The van der Waals surface area contributed by atoms with Crippen molar-refractivity contribution in [3.05, 3.63) is 78.3 Å². The van der Waals surface area contributed by atoms with Crippen molar-refractivity contribution in [2.75, 3.05) is 36.4 Å². The van der Waals surface area contributed by atoms with Crippen LogP contribution in [0.25, 0.3) is 22.4 Å². The molecule has 43 heavy (non-hydrogen) atoms. The third-order valence-electron chi connectivity index (χ3n) is 7.38. The fraction of sp³-hybridized carbons (Fsp3) is 0.457. The number of anilines is 2. The molecule has 0 saturated carbocycles. The normalized spacial score (nSPS) is 12.5. The minimum Gasteiger partial charge on any atom is -0.391 e. The second-order valence-corrected chi connectivity index (χ2v) is 18.1. The molecule has 0 aliphatic carbocycles. The van der Waals surface area contributed by atoms with Gasteiger partial charge in [0.2, 0.25) is 0 Å².